The van der Waals surface area contributed by atoms with Gasteiger partial charge in [-0.1, -0.05) is 0 Å². The van der Waals surface area contributed by atoms with Crippen LogP contribution < -0.4 is 16.2 Å². The SMILES string of the molecule is Cc1cc(N)cc(S(=O)(=O)NCCOC(N)=O)c1F. The average Bonchev–Trinajstić information content (AvgIpc) is 2.29. The number of rotatable bonds is 5. The van der Waals surface area contributed by atoms with E-state index in [-0.39, 0.29) is 24.4 Å². The van der Waals surface area contributed by atoms with Gasteiger partial charge in [-0.05, 0) is 24.6 Å². The summed E-state index contributed by atoms with van der Waals surface area (Å²) in [4.78, 5) is 9.73. The third kappa shape index (κ3) is 4.07. The minimum atomic E-state index is -4.07. The van der Waals surface area contributed by atoms with E-state index >= 15 is 0 Å². The first-order valence-electron chi connectivity index (χ1n) is 5.21. The van der Waals surface area contributed by atoms with Gasteiger partial charge in [0.15, 0.2) is 0 Å². The topological polar surface area (TPSA) is 125 Å². The molecule has 0 aliphatic heterocycles. The van der Waals surface area contributed by atoms with Crippen molar-refractivity contribution < 1.29 is 22.3 Å². The van der Waals surface area contributed by atoms with Crippen molar-refractivity contribution in [3.8, 4) is 0 Å². The van der Waals surface area contributed by atoms with E-state index in [0.717, 1.165) is 6.07 Å². The van der Waals surface area contributed by atoms with E-state index < -0.39 is 26.8 Å². The molecule has 0 unspecified atom stereocenters. The van der Waals surface area contributed by atoms with E-state index in [2.05, 4.69) is 9.46 Å². The number of nitrogen functional groups attached to an aromatic ring is 1. The molecule has 1 rings (SSSR count). The minimum Gasteiger partial charge on any atom is -0.448 e. The molecule has 0 saturated heterocycles. The smallest absolute Gasteiger partial charge is 0.404 e. The summed E-state index contributed by atoms with van der Waals surface area (Å²) < 4.78 is 43.8. The first-order chi connectivity index (χ1) is 8.74. The number of nitrogens with two attached hydrogens (primary N) is 2. The standard InChI is InChI=1S/C10H14FN3O4S/c1-6-4-7(12)5-8(9(6)11)19(16,17)14-2-3-18-10(13)15/h4-5,14H,2-3,12H2,1H3,(H2,13,15). The van der Waals surface area contributed by atoms with E-state index in [1.165, 1.54) is 13.0 Å². The fourth-order valence-corrected chi connectivity index (χ4v) is 2.56. The predicted molar refractivity (Wildman–Crippen MR) is 66.3 cm³/mol. The van der Waals surface area contributed by atoms with Crippen LogP contribution in [0.15, 0.2) is 17.0 Å². The van der Waals surface area contributed by atoms with Gasteiger partial charge in [-0.25, -0.2) is 22.3 Å². The third-order valence-corrected chi connectivity index (χ3v) is 3.63. The monoisotopic (exact) mass is 291 g/mol. The Morgan fingerprint density at radius 1 is 1.47 bits per heavy atom. The molecule has 0 fully saturated rings. The van der Waals surface area contributed by atoms with Gasteiger partial charge < -0.3 is 16.2 Å². The summed E-state index contributed by atoms with van der Waals surface area (Å²) in [5.74, 6) is -0.877. The molecule has 0 bridgehead atoms. The first kappa shape index (κ1) is 15.2. The summed E-state index contributed by atoms with van der Waals surface area (Å²) in [6.45, 7) is 0.928. The summed E-state index contributed by atoms with van der Waals surface area (Å²) in [5.41, 5.74) is 10.4. The Labute approximate surface area is 109 Å². The normalized spacial score (nSPS) is 11.3. The van der Waals surface area contributed by atoms with Crippen molar-refractivity contribution in [2.75, 3.05) is 18.9 Å². The van der Waals surface area contributed by atoms with Gasteiger partial charge in [-0.2, -0.15) is 0 Å². The number of hydrogen-bond donors (Lipinski definition) is 3. The third-order valence-electron chi connectivity index (χ3n) is 2.17. The van der Waals surface area contributed by atoms with E-state index in [1.807, 2.05) is 0 Å². The Balaban J connectivity index is 2.86. The maximum Gasteiger partial charge on any atom is 0.404 e. The largest absolute Gasteiger partial charge is 0.448 e. The number of anilines is 1. The molecule has 1 aromatic rings. The van der Waals surface area contributed by atoms with Crippen LogP contribution in [0.25, 0.3) is 0 Å². The van der Waals surface area contributed by atoms with Crippen LogP contribution in [0.4, 0.5) is 14.9 Å². The molecule has 0 aliphatic carbocycles. The molecule has 0 aliphatic rings. The van der Waals surface area contributed by atoms with E-state index in [1.54, 1.807) is 0 Å². The molecule has 1 aromatic carbocycles. The molecule has 0 atom stereocenters. The number of nitrogens with one attached hydrogen (secondary N) is 1. The first-order valence-corrected chi connectivity index (χ1v) is 6.70. The molecule has 0 heterocycles. The molecule has 9 heteroatoms. The van der Waals surface area contributed by atoms with Crippen molar-refractivity contribution in [3.05, 3.63) is 23.5 Å². The molecule has 5 N–H and O–H groups in total. The number of carbonyl (C=O) groups excluding carboxylic acids is 1. The van der Waals surface area contributed by atoms with Crippen molar-refractivity contribution in [1.29, 1.82) is 0 Å². The number of ether oxygens (including phenoxy) is 1. The Morgan fingerprint density at radius 2 is 2.11 bits per heavy atom. The number of carbonyl (C=O) groups is 1. The lowest BCUT2D eigenvalue weighted by atomic mass is 10.2. The predicted octanol–water partition coefficient (Wildman–Crippen LogP) is 0.0899. The van der Waals surface area contributed by atoms with Crippen LogP contribution in [0, 0.1) is 12.7 Å². The zero-order valence-corrected chi connectivity index (χ0v) is 11.0. The van der Waals surface area contributed by atoms with Crippen LogP contribution in [0.3, 0.4) is 0 Å². The Morgan fingerprint density at radius 3 is 2.68 bits per heavy atom. The lowest BCUT2D eigenvalue weighted by Gasteiger charge is -2.10. The minimum absolute atomic E-state index is 0.119. The van der Waals surface area contributed by atoms with Gasteiger partial charge in [-0.3, -0.25) is 0 Å². The van der Waals surface area contributed by atoms with Crippen molar-refractivity contribution in [2.24, 2.45) is 5.73 Å². The highest BCUT2D eigenvalue weighted by Gasteiger charge is 2.20. The molecular formula is C10H14FN3O4S. The summed E-state index contributed by atoms with van der Waals surface area (Å²) in [7, 11) is -4.07. The summed E-state index contributed by atoms with van der Waals surface area (Å²) >= 11 is 0. The second-order valence-electron chi connectivity index (χ2n) is 3.72. The molecular weight excluding hydrogens is 277 g/mol. The lowest BCUT2D eigenvalue weighted by molar-refractivity contribution is 0.159. The van der Waals surface area contributed by atoms with Crippen LogP contribution >= 0.6 is 0 Å². The number of aryl methyl sites for hydroxylation is 1. The molecule has 0 spiro atoms. The average molecular weight is 291 g/mol. The molecule has 0 aromatic heterocycles. The van der Waals surface area contributed by atoms with Gasteiger partial charge in [-0.15, -0.1) is 0 Å². The quantitative estimate of drug-likeness (QED) is 0.524. The maximum absolute atomic E-state index is 13.7. The number of primary amides is 1. The van der Waals surface area contributed by atoms with Crippen molar-refractivity contribution >= 4 is 21.8 Å². The van der Waals surface area contributed by atoms with E-state index in [0.29, 0.717) is 0 Å². The number of hydrogen-bond acceptors (Lipinski definition) is 5. The van der Waals surface area contributed by atoms with Gasteiger partial charge in [0.1, 0.15) is 17.3 Å². The highest BCUT2D eigenvalue weighted by molar-refractivity contribution is 7.89. The van der Waals surface area contributed by atoms with Gasteiger partial charge in [0.25, 0.3) is 0 Å². The zero-order chi connectivity index (χ0) is 14.6. The Bertz CT molecular complexity index is 589. The Hall–Kier alpha value is -1.87. The molecule has 1 amide bonds. The van der Waals surface area contributed by atoms with Crippen LogP contribution in [0.2, 0.25) is 0 Å². The molecule has 0 saturated carbocycles. The van der Waals surface area contributed by atoms with Crippen LogP contribution in [0.5, 0.6) is 0 Å². The second kappa shape index (κ2) is 5.85. The van der Waals surface area contributed by atoms with Gasteiger partial charge in [0.05, 0.1) is 0 Å². The number of halogens is 1. The van der Waals surface area contributed by atoms with E-state index in [4.69, 9.17) is 11.5 Å². The fourth-order valence-electron chi connectivity index (χ4n) is 1.37. The number of benzene rings is 1. The van der Waals surface area contributed by atoms with Crippen LogP contribution in [-0.4, -0.2) is 27.7 Å². The van der Waals surface area contributed by atoms with Gasteiger partial charge in [0, 0.05) is 12.2 Å². The summed E-state index contributed by atoms with van der Waals surface area (Å²) in [6, 6.07) is 2.34. The second-order valence-corrected chi connectivity index (χ2v) is 5.45. The van der Waals surface area contributed by atoms with Gasteiger partial charge in [0.2, 0.25) is 10.0 Å². The molecule has 106 valence electrons. The van der Waals surface area contributed by atoms with Crippen molar-refractivity contribution in [1.82, 2.24) is 4.72 Å². The van der Waals surface area contributed by atoms with Gasteiger partial charge >= 0.3 is 6.09 Å². The summed E-state index contributed by atoms with van der Waals surface area (Å²) in [6.07, 6.45) is -1.02. The summed E-state index contributed by atoms with van der Waals surface area (Å²) in [5, 5.41) is 0. The van der Waals surface area contributed by atoms with Crippen LogP contribution in [0.1, 0.15) is 5.56 Å². The number of sulfonamides is 1. The molecule has 0 radical (unpaired) electrons. The molecule has 7 nitrogen and oxygen atoms in total. The van der Waals surface area contributed by atoms with Crippen molar-refractivity contribution in [3.63, 3.8) is 0 Å². The number of amides is 1. The highest BCUT2D eigenvalue weighted by atomic mass is 32.2. The maximum atomic E-state index is 13.7. The Kier molecular flexibility index (Phi) is 4.67. The molecule has 19 heavy (non-hydrogen) atoms. The highest BCUT2D eigenvalue weighted by Crippen LogP contribution is 2.21. The lowest BCUT2D eigenvalue weighted by Crippen LogP contribution is -2.30. The zero-order valence-electron chi connectivity index (χ0n) is 10.1. The van der Waals surface area contributed by atoms with Crippen molar-refractivity contribution in [2.45, 2.75) is 11.8 Å². The van der Waals surface area contributed by atoms with Crippen LogP contribution in [-0.2, 0) is 14.8 Å². The fraction of sp³-hybridized carbons (Fsp3) is 0.300. The van der Waals surface area contributed by atoms with E-state index in [9.17, 15) is 17.6 Å².